The van der Waals surface area contributed by atoms with E-state index >= 15 is 0 Å². The molecule has 0 aliphatic heterocycles. The molecule has 0 saturated heterocycles. The van der Waals surface area contributed by atoms with Crippen molar-refractivity contribution < 1.29 is 9.90 Å². The Morgan fingerprint density at radius 2 is 2.54 bits per heavy atom. The Labute approximate surface area is 76.5 Å². The van der Waals surface area contributed by atoms with Crippen molar-refractivity contribution in [3.05, 3.63) is 30.1 Å². The number of hydrogen-bond donors (Lipinski definition) is 1. The molecule has 0 spiro atoms. The molecule has 4 heteroatoms. The molecule has 13 heavy (non-hydrogen) atoms. The zero-order valence-corrected chi connectivity index (χ0v) is 7.53. The van der Waals surface area contributed by atoms with E-state index in [-0.39, 0.29) is 6.54 Å². The smallest absolute Gasteiger partial charge is 0.325 e. The van der Waals surface area contributed by atoms with Crippen molar-refractivity contribution in [2.75, 3.05) is 0 Å². The van der Waals surface area contributed by atoms with Crippen molar-refractivity contribution in [1.29, 1.82) is 0 Å². The summed E-state index contributed by atoms with van der Waals surface area (Å²) in [5, 5.41) is 12.6. The second-order valence-electron chi connectivity index (χ2n) is 2.82. The fourth-order valence-electron chi connectivity index (χ4n) is 1.18. The average molecular weight is 180 g/mol. The van der Waals surface area contributed by atoms with Gasteiger partial charge in [-0.25, -0.2) is 0 Å². The van der Waals surface area contributed by atoms with Gasteiger partial charge in [0.15, 0.2) is 0 Å². The van der Waals surface area contributed by atoms with Crippen LogP contribution in [0.25, 0.3) is 0 Å². The Balaban J connectivity index is 2.89. The normalized spacial score (nSPS) is 9.92. The van der Waals surface area contributed by atoms with Gasteiger partial charge in [0, 0.05) is 12.1 Å². The van der Waals surface area contributed by atoms with E-state index in [1.807, 2.05) is 13.0 Å². The van der Waals surface area contributed by atoms with Gasteiger partial charge in [-0.15, -0.1) is 6.58 Å². The molecule has 0 aliphatic carbocycles. The van der Waals surface area contributed by atoms with Crippen LogP contribution in [0.1, 0.15) is 11.4 Å². The Morgan fingerprint density at radius 3 is 3.08 bits per heavy atom. The Bertz CT molecular complexity index is 328. The largest absolute Gasteiger partial charge is 0.480 e. The molecule has 0 atom stereocenters. The van der Waals surface area contributed by atoms with Gasteiger partial charge in [0.05, 0.1) is 5.69 Å². The lowest BCUT2D eigenvalue weighted by Gasteiger charge is -2.00. The summed E-state index contributed by atoms with van der Waals surface area (Å²) in [7, 11) is 0. The minimum absolute atomic E-state index is 0.0863. The second kappa shape index (κ2) is 3.89. The van der Waals surface area contributed by atoms with Gasteiger partial charge in [-0.05, 0) is 13.0 Å². The Morgan fingerprint density at radius 1 is 1.85 bits per heavy atom. The van der Waals surface area contributed by atoms with Gasteiger partial charge in [0.2, 0.25) is 0 Å². The lowest BCUT2D eigenvalue weighted by Crippen LogP contribution is -2.12. The third-order valence-electron chi connectivity index (χ3n) is 1.62. The number of aliphatic carboxylic acids is 1. The molecule has 1 aromatic heterocycles. The van der Waals surface area contributed by atoms with Gasteiger partial charge in [-0.2, -0.15) is 5.10 Å². The summed E-state index contributed by atoms with van der Waals surface area (Å²) in [5.74, 6) is -0.881. The summed E-state index contributed by atoms with van der Waals surface area (Å²) in [6, 6.07) is 1.87. The number of allylic oxidation sites excluding steroid dienone is 1. The molecule has 0 unspecified atom stereocenters. The molecule has 0 saturated carbocycles. The van der Waals surface area contributed by atoms with Crippen LogP contribution in [0.5, 0.6) is 0 Å². The number of carboxylic acid groups (broad SMARTS) is 1. The van der Waals surface area contributed by atoms with Gasteiger partial charge in [0.1, 0.15) is 6.54 Å². The van der Waals surface area contributed by atoms with E-state index in [1.165, 1.54) is 4.68 Å². The van der Waals surface area contributed by atoms with Crippen molar-refractivity contribution in [2.45, 2.75) is 19.9 Å². The van der Waals surface area contributed by atoms with Crippen LogP contribution in [-0.2, 0) is 17.8 Å². The van der Waals surface area contributed by atoms with Crippen molar-refractivity contribution >= 4 is 5.97 Å². The zero-order valence-electron chi connectivity index (χ0n) is 7.53. The predicted octanol–water partition coefficient (Wildman–Crippen LogP) is 1.00. The van der Waals surface area contributed by atoms with Crippen LogP contribution in [0, 0.1) is 6.92 Å². The highest BCUT2D eigenvalue weighted by molar-refractivity contribution is 5.66. The number of rotatable bonds is 4. The summed E-state index contributed by atoms with van der Waals surface area (Å²) in [4.78, 5) is 10.4. The number of carbonyl (C=O) groups is 1. The highest BCUT2D eigenvalue weighted by Gasteiger charge is 2.06. The SMILES string of the molecule is C=CCc1cc(C)nn1CC(=O)O. The molecule has 1 rings (SSSR count). The molecule has 70 valence electrons. The number of aryl methyl sites for hydroxylation is 1. The fourth-order valence-corrected chi connectivity index (χ4v) is 1.18. The molecule has 0 bridgehead atoms. The molecule has 0 aromatic carbocycles. The maximum atomic E-state index is 10.4. The molecule has 0 fully saturated rings. The van der Waals surface area contributed by atoms with Crippen LogP contribution in [0.15, 0.2) is 18.7 Å². The molecule has 0 radical (unpaired) electrons. The van der Waals surface area contributed by atoms with Crippen molar-refractivity contribution in [3.8, 4) is 0 Å². The van der Waals surface area contributed by atoms with Gasteiger partial charge < -0.3 is 5.11 Å². The fraction of sp³-hybridized carbons (Fsp3) is 0.333. The molecular weight excluding hydrogens is 168 g/mol. The Kier molecular flexibility index (Phi) is 2.84. The van der Waals surface area contributed by atoms with E-state index in [4.69, 9.17) is 5.11 Å². The first kappa shape index (κ1) is 9.51. The standard InChI is InChI=1S/C9H12N2O2/c1-3-4-8-5-7(2)10-11(8)6-9(12)13/h3,5H,1,4,6H2,2H3,(H,12,13). The van der Waals surface area contributed by atoms with Crippen molar-refractivity contribution in [2.24, 2.45) is 0 Å². The van der Waals surface area contributed by atoms with E-state index in [9.17, 15) is 4.79 Å². The van der Waals surface area contributed by atoms with Crippen LogP contribution in [0.4, 0.5) is 0 Å². The topological polar surface area (TPSA) is 55.1 Å². The van der Waals surface area contributed by atoms with Crippen molar-refractivity contribution in [3.63, 3.8) is 0 Å². The molecule has 1 N–H and O–H groups in total. The average Bonchev–Trinajstić information content (AvgIpc) is 2.31. The lowest BCUT2D eigenvalue weighted by atomic mass is 10.3. The summed E-state index contributed by atoms with van der Waals surface area (Å²) < 4.78 is 1.49. The Hall–Kier alpha value is -1.58. The molecule has 4 nitrogen and oxygen atoms in total. The predicted molar refractivity (Wildman–Crippen MR) is 48.5 cm³/mol. The molecular formula is C9H12N2O2. The first-order chi connectivity index (χ1) is 6.13. The molecule has 1 aromatic rings. The summed E-state index contributed by atoms with van der Waals surface area (Å²) in [5.41, 5.74) is 1.72. The van der Waals surface area contributed by atoms with E-state index in [0.717, 1.165) is 11.4 Å². The lowest BCUT2D eigenvalue weighted by molar-refractivity contribution is -0.137. The zero-order chi connectivity index (χ0) is 9.84. The van der Waals surface area contributed by atoms with E-state index in [0.29, 0.717) is 6.42 Å². The highest BCUT2D eigenvalue weighted by atomic mass is 16.4. The minimum Gasteiger partial charge on any atom is -0.480 e. The quantitative estimate of drug-likeness (QED) is 0.703. The monoisotopic (exact) mass is 180 g/mol. The number of hydrogen-bond acceptors (Lipinski definition) is 2. The van der Waals surface area contributed by atoms with E-state index in [2.05, 4.69) is 11.7 Å². The maximum Gasteiger partial charge on any atom is 0.325 e. The van der Waals surface area contributed by atoms with E-state index < -0.39 is 5.97 Å². The number of carboxylic acids is 1. The van der Waals surface area contributed by atoms with Crippen LogP contribution in [-0.4, -0.2) is 20.9 Å². The van der Waals surface area contributed by atoms with E-state index in [1.54, 1.807) is 6.08 Å². The third-order valence-corrected chi connectivity index (χ3v) is 1.62. The van der Waals surface area contributed by atoms with Crippen LogP contribution in [0.2, 0.25) is 0 Å². The number of nitrogens with zero attached hydrogens (tertiary/aromatic N) is 2. The maximum absolute atomic E-state index is 10.4. The van der Waals surface area contributed by atoms with Crippen LogP contribution in [0.3, 0.4) is 0 Å². The second-order valence-corrected chi connectivity index (χ2v) is 2.82. The van der Waals surface area contributed by atoms with Crippen LogP contribution < -0.4 is 0 Å². The van der Waals surface area contributed by atoms with Gasteiger partial charge >= 0.3 is 5.97 Å². The summed E-state index contributed by atoms with van der Waals surface area (Å²) in [6.07, 6.45) is 2.38. The summed E-state index contributed by atoms with van der Waals surface area (Å²) >= 11 is 0. The van der Waals surface area contributed by atoms with Gasteiger partial charge in [-0.1, -0.05) is 6.08 Å². The highest BCUT2D eigenvalue weighted by Crippen LogP contribution is 2.04. The van der Waals surface area contributed by atoms with Crippen LogP contribution >= 0.6 is 0 Å². The van der Waals surface area contributed by atoms with Gasteiger partial charge in [-0.3, -0.25) is 9.48 Å². The third kappa shape index (κ3) is 2.43. The van der Waals surface area contributed by atoms with Gasteiger partial charge in [0.25, 0.3) is 0 Å². The molecule has 1 heterocycles. The van der Waals surface area contributed by atoms with Crippen molar-refractivity contribution in [1.82, 2.24) is 9.78 Å². The number of aromatic nitrogens is 2. The molecule has 0 aliphatic rings. The molecule has 0 amide bonds. The minimum atomic E-state index is -0.881. The first-order valence-electron chi connectivity index (χ1n) is 3.99. The first-order valence-corrected chi connectivity index (χ1v) is 3.99. The summed E-state index contributed by atoms with van der Waals surface area (Å²) in [6.45, 7) is 5.35.